The summed E-state index contributed by atoms with van der Waals surface area (Å²) in [6, 6.07) is 21.4. The van der Waals surface area contributed by atoms with E-state index in [-0.39, 0.29) is 23.1 Å². The van der Waals surface area contributed by atoms with Crippen molar-refractivity contribution >= 4 is 5.97 Å². The first-order valence-corrected chi connectivity index (χ1v) is 14.2. The molecule has 2 aliphatic carbocycles. The van der Waals surface area contributed by atoms with Gasteiger partial charge in [0.1, 0.15) is 18.1 Å². The van der Waals surface area contributed by atoms with E-state index in [1.54, 1.807) is 18.2 Å². The number of esters is 1. The number of hydrogen-bond acceptors (Lipinski definition) is 4. The monoisotopic (exact) mass is 548 g/mol. The van der Waals surface area contributed by atoms with Gasteiger partial charge in [-0.1, -0.05) is 62.7 Å². The number of benzene rings is 3. The quantitative estimate of drug-likeness (QED) is 0.225. The van der Waals surface area contributed by atoms with Gasteiger partial charge in [-0.05, 0) is 101 Å². The Balaban J connectivity index is 1.39. The predicted octanol–water partition coefficient (Wildman–Crippen LogP) is 8.88. The van der Waals surface area contributed by atoms with Crippen LogP contribution in [-0.4, -0.2) is 19.7 Å². The fourth-order valence-electron chi connectivity index (χ4n) is 6.32. The van der Waals surface area contributed by atoms with Crippen LogP contribution in [0, 0.1) is 11.3 Å². The molecule has 0 saturated heterocycles. The van der Waals surface area contributed by atoms with Crippen LogP contribution in [-0.2, 0) is 16.1 Å². The van der Waals surface area contributed by atoms with E-state index in [1.165, 1.54) is 12.7 Å². The zero-order valence-electron chi connectivity index (χ0n) is 23.5. The van der Waals surface area contributed by atoms with Crippen molar-refractivity contribution in [3.8, 4) is 22.6 Å². The van der Waals surface area contributed by atoms with Gasteiger partial charge in [-0.3, -0.25) is 4.79 Å². The number of ether oxygens (including phenoxy) is 3. The van der Waals surface area contributed by atoms with Gasteiger partial charge < -0.3 is 14.2 Å². The lowest BCUT2D eigenvalue weighted by Gasteiger charge is -2.30. The summed E-state index contributed by atoms with van der Waals surface area (Å²) in [6.45, 7) is 2.17. The maximum atomic E-state index is 12.9. The second-order valence-corrected chi connectivity index (χ2v) is 11.8. The molecule has 0 unspecified atom stereocenters. The predicted molar refractivity (Wildman–Crippen MR) is 152 cm³/mol. The van der Waals surface area contributed by atoms with E-state index in [2.05, 4.69) is 48.9 Å². The van der Waals surface area contributed by atoms with Gasteiger partial charge in [0, 0.05) is 0 Å². The first kappa shape index (κ1) is 28.1. The Morgan fingerprint density at radius 1 is 0.975 bits per heavy atom. The van der Waals surface area contributed by atoms with Crippen molar-refractivity contribution in [1.29, 1.82) is 0 Å². The van der Waals surface area contributed by atoms with Crippen molar-refractivity contribution in [3.05, 3.63) is 83.4 Å². The van der Waals surface area contributed by atoms with Gasteiger partial charge in [0.05, 0.1) is 13.5 Å². The second kappa shape index (κ2) is 12.0. The molecule has 0 bridgehead atoms. The topological polar surface area (TPSA) is 44.8 Å². The minimum Gasteiger partial charge on any atom is -0.489 e. The highest BCUT2D eigenvalue weighted by Crippen LogP contribution is 2.51. The highest BCUT2D eigenvalue weighted by atomic mass is 19.3. The Labute approximate surface area is 235 Å². The summed E-state index contributed by atoms with van der Waals surface area (Å²) in [5, 5.41) is 0. The Morgan fingerprint density at radius 3 is 2.45 bits per heavy atom. The van der Waals surface area contributed by atoms with Gasteiger partial charge in [0.2, 0.25) is 0 Å². The molecule has 6 heteroatoms. The van der Waals surface area contributed by atoms with Crippen molar-refractivity contribution in [2.75, 3.05) is 7.11 Å². The largest absolute Gasteiger partial charge is 0.489 e. The van der Waals surface area contributed by atoms with Crippen LogP contribution in [0.4, 0.5) is 8.78 Å². The van der Waals surface area contributed by atoms with Gasteiger partial charge in [0.25, 0.3) is 0 Å². The zero-order chi connectivity index (χ0) is 28.3. The third kappa shape index (κ3) is 6.65. The summed E-state index contributed by atoms with van der Waals surface area (Å²) < 4.78 is 41.7. The molecule has 2 aliphatic rings. The maximum absolute atomic E-state index is 12.9. The van der Waals surface area contributed by atoms with Crippen LogP contribution >= 0.6 is 0 Å². The third-order valence-electron chi connectivity index (χ3n) is 8.62. The average Bonchev–Trinajstić information content (AvgIpc) is 3.72. The Kier molecular flexibility index (Phi) is 8.43. The Hall–Kier alpha value is -3.41. The molecule has 0 aromatic heterocycles. The molecule has 2 fully saturated rings. The van der Waals surface area contributed by atoms with Gasteiger partial charge in [-0.15, -0.1) is 0 Å². The Bertz CT molecular complexity index is 1330. The average molecular weight is 549 g/mol. The SMILES string of the molecule is COC(=O)C[C@H](c1cccc(OCc2ccc(-c3cccc(OC(F)F)c3)c([C@@H]3CCCC3(C)C)c2)c1)C1CC1. The molecule has 5 rings (SSSR count). The normalized spacial score (nSPS) is 18.9. The second-order valence-electron chi connectivity index (χ2n) is 11.8. The molecule has 40 heavy (non-hydrogen) atoms. The summed E-state index contributed by atoms with van der Waals surface area (Å²) >= 11 is 0. The van der Waals surface area contributed by atoms with Crippen LogP contribution in [0.25, 0.3) is 11.1 Å². The summed E-state index contributed by atoms with van der Waals surface area (Å²) in [5.74, 6) is 1.77. The summed E-state index contributed by atoms with van der Waals surface area (Å²) in [6.07, 6.45) is 6.05. The number of carbonyl (C=O) groups is 1. The van der Waals surface area contributed by atoms with Crippen LogP contribution in [0.15, 0.2) is 66.7 Å². The van der Waals surface area contributed by atoms with E-state index in [4.69, 9.17) is 9.47 Å². The van der Waals surface area contributed by atoms with Gasteiger partial charge in [-0.25, -0.2) is 0 Å². The van der Waals surface area contributed by atoms with E-state index >= 15 is 0 Å². The third-order valence-corrected chi connectivity index (χ3v) is 8.62. The lowest BCUT2D eigenvalue weighted by atomic mass is 9.75. The lowest BCUT2D eigenvalue weighted by Crippen LogP contribution is -2.16. The molecular weight excluding hydrogens is 510 g/mol. The lowest BCUT2D eigenvalue weighted by molar-refractivity contribution is -0.141. The van der Waals surface area contributed by atoms with Gasteiger partial charge in [-0.2, -0.15) is 8.78 Å². The smallest absolute Gasteiger partial charge is 0.387 e. The molecule has 0 amide bonds. The zero-order valence-corrected chi connectivity index (χ0v) is 23.5. The van der Waals surface area contributed by atoms with E-state index < -0.39 is 6.61 Å². The fourth-order valence-corrected chi connectivity index (χ4v) is 6.32. The van der Waals surface area contributed by atoms with Gasteiger partial charge >= 0.3 is 12.6 Å². The number of halogens is 2. The molecule has 0 radical (unpaired) electrons. The molecule has 3 aromatic rings. The molecule has 0 N–H and O–H groups in total. The van der Waals surface area contributed by atoms with Crippen molar-refractivity contribution in [2.45, 2.75) is 77.4 Å². The maximum Gasteiger partial charge on any atom is 0.387 e. The van der Waals surface area contributed by atoms with E-state index in [9.17, 15) is 13.6 Å². The molecular formula is C34H38F2O4. The number of alkyl halides is 2. The number of rotatable bonds is 11. The van der Waals surface area contributed by atoms with Crippen LogP contribution < -0.4 is 9.47 Å². The van der Waals surface area contributed by atoms with Crippen LogP contribution in [0.3, 0.4) is 0 Å². The van der Waals surface area contributed by atoms with E-state index in [1.807, 2.05) is 18.2 Å². The number of carbonyl (C=O) groups excluding carboxylic acids is 1. The summed E-state index contributed by atoms with van der Waals surface area (Å²) in [5.41, 5.74) is 5.43. The van der Waals surface area contributed by atoms with Crippen LogP contribution in [0.1, 0.15) is 80.9 Å². The fraction of sp³-hybridized carbons (Fsp3) is 0.441. The first-order chi connectivity index (χ1) is 19.2. The molecule has 2 saturated carbocycles. The van der Waals surface area contributed by atoms with Crippen molar-refractivity contribution in [2.24, 2.45) is 11.3 Å². The molecule has 3 aromatic carbocycles. The molecule has 0 spiro atoms. The first-order valence-electron chi connectivity index (χ1n) is 14.2. The minimum atomic E-state index is -2.86. The summed E-state index contributed by atoms with van der Waals surface area (Å²) in [7, 11) is 1.44. The summed E-state index contributed by atoms with van der Waals surface area (Å²) in [4.78, 5) is 12.0. The molecule has 4 nitrogen and oxygen atoms in total. The minimum absolute atomic E-state index is 0.136. The van der Waals surface area contributed by atoms with Crippen LogP contribution in [0.2, 0.25) is 0 Å². The van der Waals surface area contributed by atoms with Crippen molar-refractivity contribution in [1.82, 2.24) is 0 Å². The van der Waals surface area contributed by atoms with Crippen molar-refractivity contribution in [3.63, 3.8) is 0 Å². The van der Waals surface area contributed by atoms with Crippen LogP contribution in [0.5, 0.6) is 11.5 Å². The molecule has 212 valence electrons. The molecule has 0 aliphatic heterocycles. The number of methoxy groups -OCH3 is 1. The highest BCUT2D eigenvalue weighted by molar-refractivity contribution is 5.71. The van der Waals surface area contributed by atoms with E-state index in [0.29, 0.717) is 24.9 Å². The molecule has 0 heterocycles. The highest BCUT2D eigenvalue weighted by Gasteiger charge is 2.37. The number of hydrogen-bond donors (Lipinski definition) is 0. The van der Waals surface area contributed by atoms with E-state index in [0.717, 1.165) is 60.1 Å². The molecule has 2 atom stereocenters. The van der Waals surface area contributed by atoms with Crippen molar-refractivity contribution < 1.29 is 27.8 Å². The Morgan fingerprint density at radius 2 is 1.75 bits per heavy atom. The standard InChI is InChI=1S/C34H38F2O4/c1-34(2)16-6-11-31(34)30-17-22(12-15-28(30)24-7-5-10-27(19-24)40-33(35)36)21-39-26-9-4-8-25(18-26)29(23-13-14-23)20-32(37)38-3/h4-5,7-10,12,15,17-19,23,29,31,33H,6,11,13-14,16,20-21H2,1-3H3/t29-,31-/m0/s1. The van der Waals surface area contributed by atoms with Gasteiger partial charge in [0.15, 0.2) is 0 Å².